The molecule has 5 nitrogen and oxygen atoms in total. The van der Waals surface area contributed by atoms with Crippen molar-refractivity contribution in [1.29, 1.82) is 0 Å². The van der Waals surface area contributed by atoms with Crippen molar-refractivity contribution in [3.8, 4) is 5.75 Å². The van der Waals surface area contributed by atoms with E-state index >= 15 is 0 Å². The van der Waals surface area contributed by atoms with Crippen molar-refractivity contribution in [2.24, 2.45) is 0 Å². The van der Waals surface area contributed by atoms with E-state index in [2.05, 4.69) is 0 Å². The number of carbonyl (C=O) groups is 2. The molecule has 0 unspecified atom stereocenters. The van der Waals surface area contributed by atoms with Gasteiger partial charge < -0.3 is 14.1 Å². The highest BCUT2D eigenvalue weighted by Gasteiger charge is 2.40. The SMILES string of the molecule is CC(C)=CCN1C(=O)C(C)(C)Oc2ccc(C(=O)c3ccco3)cc21. The Hall–Kier alpha value is -2.82. The Balaban J connectivity index is 2.04. The van der Waals surface area contributed by atoms with Crippen LogP contribution in [-0.2, 0) is 4.79 Å². The molecule has 2 heterocycles. The van der Waals surface area contributed by atoms with Crippen LogP contribution in [0.1, 0.15) is 43.8 Å². The maximum Gasteiger partial charge on any atom is 0.270 e. The molecule has 3 rings (SSSR count). The van der Waals surface area contributed by atoms with E-state index in [1.54, 1.807) is 49.1 Å². The third-order valence-electron chi connectivity index (χ3n) is 4.06. The summed E-state index contributed by atoms with van der Waals surface area (Å²) >= 11 is 0. The minimum absolute atomic E-state index is 0.139. The molecular weight excluding hydrogens is 318 g/mol. The van der Waals surface area contributed by atoms with Crippen molar-refractivity contribution in [2.45, 2.75) is 33.3 Å². The van der Waals surface area contributed by atoms with Crippen molar-refractivity contribution in [3.63, 3.8) is 0 Å². The molecule has 2 aromatic rings. The first-order valence-electron chi connectivity index (χ1n) is 8.16. The number of nitrogens with zero attached hydrogens (tertiary/aromatic N) is 1. The highest BCUT2D eigenvalue weighted by atomic mass is 16.5. The standard InChI is InChI=1S/C20H21NO4/c1-13(2)9-10-21-15-12-14(18(22)17-6-5-11-24-17)7-8-16(15)25-20(3,4)19(21)23/h5-9,11-12H,10H2,1-4H3. The summed E-state index contributed by atoms with van der Waals surface area (Å²) in [6, 6.07) is 8.39. The van der Waals surface area contributed by atoms with E-state index < -0.39 is 5.60 Å². The molecule has 1 aliphatic heterocycles. The van der Waals surface area contributed by atoms with Crippen LogP contribution in [0.2, 0.25) is 0 Å². The van der Waals surface area contributed by atoms with Gasteiger partial charge in [0.2, 0.25) is 5.78 Å². The predicted molar refractivity (Wildman–Crippen MR) is 95.1 cm³/mol. The molecule has 0 spiro atoms. The number of benzene rings is 1. The summed E-state index contributed by atoms with van der Waals surface area (Å²) in [7, 11) is 0. The van der Waals surface area contributed by atoms with Crippen molar-refractivity contribution in [1.82, 2.24) is 0 Å². The lowest BCUT2D eigenvalue weighted by Crippen LogP contribution is -2.52. The zero-order chi connectivity index (χ0) is 18.2. The molecule has 0 radical (unpaired) electrons. The summed E-state index contributed by atoms with van der Waals surface area (Å²) in [5.41, 5.74) is 1.21. The fraction of sp³-hybridized carbons (Fsp3) is 0.300. The minimum Gasteiger partial charge on any atom is -0.476 e. The van der Waals surface area contributed by atoms with Gasteiger partial charge in [0.05, 0.1) is 12.0 Å². The van der Waals surface area contributed by atoms with Crippen LogP contribution in [0, 0.1) is 0 Å². The Morgan fingerprint density at radius 1 is 1.24 bits per heavy atom. The van der Waals surface area contributed by atoms with Gasteiger partial charge in [-0.2, -0.15) is 0 Å². The van der Waals surface area contributed by atoms with Crippen molar-refractivity contribution in [2.75, 3.05) is 11.4 Å². The molecule has 0 bridgehead atoms. The van der Waals surface area contributed by atoms with Crippen molar-refractivity contribution >= 4 is 17.4 Å². The third-order valence-corrected chi connectivity index (χ3v) is 4.06. The fourth-order valence-electron chi connectivity index (χ4n) is 2.71. The normalized spacial score (nSPS) is 15.4. The fourth-order valence-corrected chi connectivity index (χ4v) is 2.71. The van der Waals surface area contributed by atoms with Gasteiger partial charge >= 0.3 is 0 Å². The van der Waals surface area contributed by atoms with Gasteiger partial charge in [0.15, 0.2) is 11.4 Å². The van der Waals surface area contributed by atoms with E-state index in [-0.39, 0.29) is 17.5 Å². The molecule has 1 amide bonds. The second-order valence-corrected chi connectivity index (χ2v) is 6.80. The molecule has 1 aromatic carbocycles. The molecule has 1 aliphatic rings. The van der Waals surface area contributed by atoms with Crippen LogP contribution in [0.25, 0.3) is 0 Å². The topological polar surface area (TPSA) is 59.8 Å². The summed E-state index contributed by atoms with van der Waals surface area (Å²) < 4.78 is 11.0. The van der Waals surface area contributed by atoms with Crippen LogP contribution < -0.4 is 9.64 Å². The Labute approximate surface area is 146 Å². The second-order valence-electron chi connectivity index (χ2n) is 6.80. The first kappa shape index (κ1) is 17.0. The Kier molecular flexibility index (Phi) is 4.25. The number of allylic oxidation sites excluding steroid dienone is 1. The average Bonchev–Trinajstić information content (AvgIpc) is 3.08. The molecule has 0 saturated carbocycles. The number of furan rings is 1. The number of anilines is 1. The van der Waals surface area contributed by atoms with Crippen LogP contribution in [0.5, 0.6) is 5.75 Å². The Bertz CT molecular complexity index is 843. The number of carbonyl (C=O) groups excluding carboxylic acids is 2. The number of ether oxygens (including phenoxy) is 1. The lowest BCUT2D eigenvalue weighted by molar-refractivity contribution is -0.132. The molecule has 130 valence electrons. The van der Waals surface area contributed by atoms with Crippen LogP contribution in [0.3, 0.4) is 0 Å². The summed E-state index contributed by atoms with van der Waals surface area (Å²) in [5, 5.41) is 0. The van der Waals surface area contributed by atoms with Gasteiger partial charge in [-0.3, -0.25) is 9.59 Å². The molecule has 0 fully saturated rings. The van der Waals surface area contributed by atoms with Gasteiger partial charge in [0.1, 0.15) is 5.75 Å². The number of hydrogen-bond acceptors (Lipinski definition) is 4. The molecule has 0 saturated heterocycles. The van der Waals surface area contributed by atoms with E-state index in [1.807, 2.05) is 19.9 Å². The van der Waals surface area contributed by atoms with Gasteiger partial charge in [0.25, 0.3) is 5.91 Å². The highest BCUT2D eigenvalue weighted by Crippen LogP contribution is 2.38. The van der Waals surface area contributed by atoms with Crippen LogP contribution in [-0.4, -0.2) is 23.8 Å². The monoisotopic (exact) mass is 339 g/mol. The highest BCUT2D eigenvalue weighted by molar-refractivity contribution is 6.09. The number of hydrogen-bond donors (Lipinski definition) is 0. The first-order valence-corrected chi connectivity index (χ1v) is 8.16. The Morgan fingerprint density at radius 2 is 2.00 bits per heavy atom. The summed E-state index contributed by atoms with van der Waals surface area (Å²) in [6.07, 6.45) is 3.44. The van der Waals surface area contributed by atoms with Gasteiger partial charge in [-0.1, -0.05) is 11.6 Å². The second kappa shape index (κ2) is 6.24. The average molecular weight is 339 g/mol. The maximum absolute atomic E-state index is 12.8. The number of ketones is 1. The van der Waals surface area contributed by atoms with E-state index in [1.165, 1.54) is 6.26 Å². The summed E-state index contributed by atoms with van der Waals surface area (Å²) in [4.78, 5) is 27.0. The molecule has 0 aliphatic carbocycles. The van der Waals surface area contributed by atoms with E-state index in [9.17, 15) is 9.59 Å². The summed E-state index contributed by atoms with van der Waals surface area (Å²) in [5.74, 6) is 0.481. The third kappa shape index (κ3) is 3.22. The number of rotatable bonds is 4. The lowest BCUT2D eigenvalue weighted by Gasteiger charge is -2.38. The number of fused-ring (bicyclic) bond motifs is 1. The molecule has 0 atom stereocenters. The van der Waals surface area contributed by atoms with E-state index in [0.717, 1.165) is 5.57 Å². The Morgan fingerprint density at radius 3 is 2.64 bits per heavy atom. The molecular formula is C20H21NO4. The van der Waals surface area contributed by atoms with Crippen LogP contribution >= 0.6 is 0 Å². The lowest BCUT2D eigenvalue weighted by atomic mass is 10.0. The van der Waals surface area contributed by atoms with E-state index in [0.29, 0.717) is 23.5 Å². The number of amides is 1. The van der Waals surface area contributed by atoms with Crippen molar-refractivity contribution < 1.29 is 18.7 Å². The minimum atomic E-state index is -0.949. The maximum atomic E-state index is 12.8. The quantitative estimate of drug-likeness (QED) is 0.624. The molecule has 0 N–H and O–H groups in total. The summed E-state index contributed by atoms with van der Waals surface area (Å²) in [6.45, 7) is 7.88. The van der Waals surface area contributed by atoms with E-state index in [4.69, 9.17) is 9.15 Å². The zero-order valence-electron chi connectivity index (χ0n) is 14.8. The zero-order valence-corrected chi connectivity index (χ0v) is 14.8. The molecule has 1 aromatic heterocycles. The smallest absolute Gasteiger partial charge is 0.270 e. The van der Waals surface area contributed by atoms with Gasteiger partial charge in [-0.05, 0) is 58.0 Å². The van der Waals surface area contributed by atoms with Gasteiger partial charge in [0, 0.05) is 12.1 Å². The molecule has 25 heavy (non-hydrogen) atoms. The van der Waals surface area contributed by atoms with Crippen LogP contribution in [0.15, 0.2) is 52.7 Å². The predicted octanol–water partition coefficient (Wildman–Crippen LogP) is 3.98. The molecule has 5 heteroatoms. The largest absolute Gasteiger partial charge is 0.476 e. The van der Waals surface area contributed by atoms with Crippen molar-refractivity contribution in [3.05, 3.63) is 59.6 Å². The van der Waals surface area contributed by atoms with Crippen LogP contribution in [0.4, 0.5) is 5.69 Å². The first-order chi connectivity index (χ1) is 11.8. The van der Waals surface area contributed by atoms with Gasteiger partial charge in [-0.25, -0.2) is 0 Å². The van der Waals surface area contributed by atoms with Gasteiger partial charge in [-0.15, -0.1) is 0 Å².